The summed E-state index contributed by atoms with van der Waals surface area (Å²) in [4.78, 5) is 11.3. The van der Waals surface area contributed by atoms with Crippen molar-refractivity contribution in [1.82, 2.24) is 0 Å². The number of carboxylic acids is 1. The molecule has 2 bridgehead atoms. The van der Waals surface area contributed by atoms with Crippen molar-refractivity contribution >= 4 is 5.97 Å². The molecule has 3 atom stereocenters. The molecule has 0 aromatic heterocycles. The van der Waals surface area contributed by atoms with Gasteiger partial charge in [-0.3, -0.25) is 0 Å². The Labute approximate surface area is 84.1 Å². The number of hydrogen-bond acceptors (Lipinski definition) is 3. The van der Waals surface area contributed by atoms with Crippen LogP contribution in [0, 0.1) is 16.2 Å². The summed E-state index contributed by atoms with van der Waals surface area (Å²) in [6.45, 7) is 5.90. The van der Waals surface area contributed by atoms with E-state index in [1.54, 1.807) is 0 Å². The molecule has 2 aliphatic carbocycles. The first-order chi connectivity index (χ1) is 6.28. The smallest absolute Gasteiger partial charge is 0.0608 e. The van der Waals surface area contributed by atoms with Gasteiger partial charge < -0.3 is 15.0 Å². The van der Waals surface area contributed by atoms with E-state index in [4.69, 9.17) is 0 Å². The number of fused-ring (bicyclic) bond motifs is 2. The second-order valence-electron chi connectivity index (χ2n) is 5.63. The number of aliphatic hydroxyl groups is 1. The number of carbonyl (C=O) groups is 1. The van der Waals surface area contributed by atoms with Crippen LogP contribution in [0.25, 0.3) is 0 Å². The van der Waals surface area contributed by atoms with Gasteiger partial charge in [-0.2, -0.15) is 0 Å². The summed E-state index contributed by atoms with van der Waals surface area (Å²) >= 11 is 0. The summed E-state index contributed by atoms with van der Waals surface area (Å²) in [6, 6.07) is 0. The SMILES string of the molecule is CC1(C)[C@]2(C(=O)[O-])CC[C@@]1(C)[C@H](O)C2. The zero-order valence-corrected chi connectivity index (χ0v) is 8.96. The number of carboxylic acid groups (broad SMARTS) is 1. The molecule has 0 aromatic carbocycles. The third kappa shape index (κ3) is 0.724. The average Bonchev–Trinajstić information content (AvgIpc) is 2.34. The molecule has 2 saturated carbocycles. The summed E-state index contributed by atoms with van der Waals surface area (Å²) in [7, 11) is 0. The summed E-state index contributed by atoms with van der Waals surface area (Å²) in [5.41, 5.74) is -1.42. The molecule has 80 valence electrons. The molecule has 14 heavy (non-hydrogen) atoms. The van der Waals surface area contributed by atoms with Gasteiger partial charge in [-0.1, -0.05) is 20.8 Å². The monoisotopic (exact) mass is 197 g/mol. The van der Waals surface area contributed by atoms with Crippen LogP contribution >= 0.6 is 0 Å². The van der Waals surface area contributed by atoms with Gasteiger partial charge in [-0.05, 0) is 30.1 Å². The minimum Gasteiger partial charge on any atom is -0.550 e. The maximum Gasteiger partial charge on any atom is 0.0608 e. The Bertz CT molecular complexity index is 297. The molecule has 0 aromatic rings. The molecular formula is C11H17O3-. The Hall–Kier alpha value is -0.570. The van der Waals surface area contributed by atoms with E-state index >= 15 is 0 Å². The molecular weight excluding hydrogens is 180 g/mol. The van der Waals surface area contributed by atoms with E-state index in [9.17, 15) is 15.0 Å². The first-order valence-electron chi connectivity index (χ1n) is 5.17. The van der Waals surface area contributed by atoms with Gasteiger partial charge in [0, 0.05) is 11.4 Å². The molecule has 0 amide bonds. The van der Waals surface area contributed by atoms with Crippen LogP contribution in [0.1, 0.15) is 40.0 Å². The van der Waals surface area contributed by atoms with Crippen molar-refractivity contribution in [2.45, 2.75) is 46.1 Å². The van der Waals surface area contributed by atoms with E-state index in [1.165, 1.54) is 0 Å². The number of aliphatic hydroxyl groups excluding tert-OH is 1. The van der Waals surface area contributed by atoms with Gasteiger partial charge in [0.15, 0.2) is 0 Å². The largest absolute Gasteiger partial charge is 0.550 e. The van der Waals surface area contributed by atoms with Crippen molar-refractivity contribution in [2.75, 3.05) is 0 Å². The first kappa shape index (κ1) is 9.97. The quantitative estimate of drug-likeness (QED) is 0.658. The van der Waals surface area contributed by atoms with Crippen LogP contribution < -0.4 is 5.11 Å². The molecule has 0 heterocycles. The zero-order valence-electron chi connectivity index (χ0n) is 8.96. The minimum atomic E-state index is -0.984. The lowest BCUT2D eigenvalue weighted by Crippen LogP contribution is -2.47. The van der Waals surface area contributed by atoms with Crippen LogP contribution in [0.15, 0.2) is 0 Å². The van der Waals surface area contributed by atoms with Crippen molar-refractivity contribution < 1.29 is 15.0 Å². The third-order valence-corrected chi connectivity index (χ3v) is 5.36. The normalized spacial score (nSPS) is 49.6. The van der Waals surface area contributed by atoms with Crippen molar-refractivity contribution in [3.8, 4) is 0 Å². The molecule has 0 radical (unpaired) electrons. The van der Waals surface area contributed by atoms with E-state index in [1.807, 2.05) is 20.8 Å². The molecule has 0 saturated heterocycles. The second kappa shape index (κ2) is 2.32. The fraction of sp³-hybridized carbons (Fsp3) is 0.909. The predicted molar refractivity (Wildman–Crippen MR) is 49.2 cm³/mol. The second-order valence-corrected chi connectivity index (χ2v) is 5.63. The van der Waals surface area contributed by atoms with Crippen molar-refractivity contribution in [1.29, 1.82) is 0 Å². The highest BCUT2D eigenvalue weighted by atomic mass is 16.4. The summed E-state index contributed by atoms with van der Waals surface area (Å²) in [5.74, 6) is -0.984. The summed E-state index contributed by atoms with van der Waals surface area (Å²) in [5, 5.41) is 21.2. The molecule has 2 aliphatic rings. The molecule has 0 aliphatic heterocycles. The highest BCUT2D eigenvalue weighted by molar-refractivity contribution is 5.75. The van der Waals surface area contributed by atoms with Crippen LogP contribution in [-0.2, 0) is 4.79 Å². The number of aliphatic carboxylic acids is 1. The standard InChI is InChI=1S/C11H18O3/c1-9(2)10(3)4-5-11(9,8(13)14)6-7(10)12/h7,12H,4-6H2,1-3H3,(H,13,14)/p-1/t7-,10+,11-/m1/s1. The van der Waals surface area contributed by atoms with Gasteiger partial charge in [-0.25, -0.2) is 0 Å². The lowest BCUT2D eigenvalue weighted by Gasteiger charge is -2.41. The van der Waals surface area contributed by atoms with Gasteiger partial charge in [0.1, 0.15) is 0 Å². The maximum atomic E-state index is 11.3. The van der Waals surface area contributed by atoms with Crippen molar-refractivity contribution in [3.63, 3.8) is 0 Å². The Kier molecular flexibility index (Phi) is 1.65. The van der Waals surface area contributed by atoms with Crippen LogP contribution in [-0.4, -0.2) is 17.2 Å². The molecule has 3 heteroatoms. The topological polar surface area (TPSA) is 60.4 Å². The van der Waals surface area contributed by atoms with Gasteiger partial charge >= 0.3 is 0 Å². The van der Waals surface area contributed by atoms with Crippen LogP contribution in [0.4, 0.5) is 0 Å². The maximum absolute atomic E-state index is 11.3. The zero-order chi connectivity index (χ0) is 10.8. The van der Waals surface area contributed by atoms with Crippen LogP contribution in [0.5, 0.6) is 0 Å². The highest BCUT2D eigenvalue weighted by Gasteiger charge is 2.69. The molecule has 3 nitrogen and oxygen atoms in total. The Morgan fingerprint density at radius 2 is 1.93 bits per heavy atom. The molecule has 0 unspecified atom stereocenters. The van der Waals surface area contributed by atoms with Gasteiger partial charge in [0.2, 0.25) is 0 Å². The Morgan fingerprint density at radius 3 is 2.14 bits per heavy atom. The van der Waals surface area contributed by atoms with E-state index in [0.717, 1.165) is 6.42 Å². The van der Waals surface area contributed by atoms with Crippen LogP contribution in [0.2, 0.25) is 0 Å². The first-order valence-corrected chi connectivity index (χ1v) is 5.17. The number of carbonyl (C=O) groups excluding carboxylic acids is 1. The van der Waals surface area contributed by atoms with E-state index < -0.39 is 17.5 Å². The fourth-order valence-corrected chi connectivity index (χ4v) is 3.58. The Morgan fingerprint density at radius 1 is 1.36 bits per heavy atom. The lowest BCUT2D eigenvalue weighted by molar-refractivity contribution is -0.323. The highest BCUT2D eigenvalue weighted by Crippen LogP contribution is 2.71. The van der Waals surface area contributed by atoms with E-state index in [-0.39, 0.29) is 10.8 Å². The van der Waals surface area contributed by atoms with Gasteiger partial charge in [-0.15, -0.1) is 0 Å². The summed E-state index contributed by atoms with van der Waals surface area (Å²) < 4.78 is 0. The van der Waals surface area contributed by atoms with Crippen LogP contribution in [0.3, 0.4) is 0 Å². The third-order valence-electron chi connectivity index (χ3n) is 5.36. The number of hydrogen-bond donors (Lipinski definition) is 1. The molecule has 0 spiro atoms. The molecule has 2 fully saturated rings. The molecule has 1 N–H and O–H groups in total. The summed E-state index contributed by atoms with van der Waals surface area (Å²) in [6.07, 6.45) is 1.30. The average molecular weight is 197 g/mol. The van der Waals surface area contributed by atoms with Gasteiger partial charge in [0.25, 0.3) is 0 Å². The van der Waals surface area contributed by atoms with E-state index in [0.29, 0.717) is 12.8 Å². The van der Waals surface area contributed by atoms with E-state index in [2.05, 4.69) is 0 Å². The van der Waals surface area contributed by atoms with Crippen molar-refractivity contribution in [3.05, 3.63) is 0 Å². The Balaban J connectivity index is 2.54. The predicted octanol–water partition coefficient (Wildman–Crippen LogP) is 0.314. The lowest BCUT2D eigenvalue weighted by atomic mass is 9.65. The molecule has 2 rings (SSSR count). The fourth-order valence-electron chi connectivity index (χ4n) is 3.58. The van der Waals surface area contributed by atoms with Crippen molar-refractivity contribution in [2.24, 2.45) is 16.2 Å². The number of rotatable bonds is 1. The minimum absolute atomic E-state index is 0.257. The van der Waals surface area contributed by atoms with Gasteiger partial charge in [0.05, 0.1) is 6.10 Å².